The summed E-state index contributed by atoms with van der Waals surface area (Å²) < 4.78 is 10.9. The smallest absolute Gasteiger partial charge is 0.257 e. The number of aryl methyl sites for hydroxylation is 1. The van der Waals surface area contributed by atoms with Crippen LogP contribution >= 0.6 is 0 Å². The molecule has 1 aliphatic heterocycles. The molecule has 1 N–H and O–H groups in total. The van der Waals surface area contributed by atoms with Crippen molar-refractivity contribution >= 4 is 5.91 Å². The van der Waals surface area contributed by atoms with E-state index in [0.29, 0.717) is 24.7 Å². The van der Waals surface area contributed by atoms with Crippen molar-refractivity contribution in [3.8, 4) is 0 Å². The van der Waals surface area contributed by atoms with Crippen LogP contribution in [0.15, 0.2) is 28.8 Å². The van der Waals surface area contributed by atoms with E-state index >= 15 is 0 Å². The van der Waals surface area contributed by atoms with Crippen LogP contribution in [0.5, 0.6) is 0 Å². The van der Waals surface area contributed by atoms with Gasteiger partial charge in [0.2, 0.25) is 5.91 Å². The first-order valence-electron chi connectivity index (χ1n) is 8.99. The summed E-state index contributed by atoms with van der Waals surface area (Å²) >= 11 is 0. The van der Waals surface area contributed by atoms with Gasteiger partial charge in [-0.25, -0.2) is 0 Å². The van der Waals surface area contributed by atoms with E-state index in [0.717, 1.165) is 17.9 Å². The highest BCUT2D eigenvalue weighted by molar-refractivity contribution is 5.79. The van der Waals surface area contributed by atoms with Gasteiger partial charge >= 0.3 is 0 Å². The van der Waals surface area contributed by atoms with Crippen LogP contribution in [0.2, 0.25) is 0 Å². The maximum atomic E-state index is 12.4. The summed E-state index contributed by atoms with van der Waals surface area (Å²) in [6.07, 6.45) is 4.68. The van der Waals surface area contributed by atoms with E-state index in [-0.39, 0.29) is 18.1 Å². The number of hydrogen-bond donors (Lipinski definition) is 1. The topological polar surface area (TPSA) is 77.3 Å². The minimum atomic E-state index is -0.355. The molecule has 2 aromatic rings. The highest BCUT2D eigenvalue weighted by Crippen LogP contribution is 2.36. The van der Waals surface area contributed by atoms with Gasteiger partial charge in [0, 0.05) is 6.61 Å². The summed E-state index contributed by atoms with van der Waals surface area (Å²) in [5, 5.41) is 6.85. The summed E-state index contributed by atoms with van der Waals surface area (Å²) in [6.45, 7) is 2.34. The molecule has 1 aliphatic carbocycles. The summed E-state index contributed by atoms with van der Waals surface area (Å²) in [7, 11) is 0. The molecule has 0 spiro atoms. The summed E-state index contributed by atoms with van der Waals surface area (Å²) in [4.78, 5) is 16.6. The van der Waals surface area contributed by atoms with Gasteiger partial charge in [-0.15, -0.1) is 0 Å². The molecule has 2 heterocycles. The van der Waals surface area contributed by atoms with E-state index in [1.54, 1.807) is 6.92 Å². The molecule has 2 atom stereocenters. The van der Waals surface area contributed by atoms with Crippen molar-refractivity contribution in [2.75, 3.05) is 6.61 Å². The lowest BCUT2D eigenvalue weighted by Gasteiger charge is -2.25. The molecule has 132 valence electrons. The fourth-order valence-electron chi connectivity index (χ4n) is 3.50. The van der Waals surface area contributed by atoms with Crippen molar-refractivity contribution in [2.24, 2.45) is 0 Å². The highest BCUT2D eigenvalue weighted by atomic mass is 16.5. The molecule has 1 saturated heterocycles. The normalized spacial score (nSPS) is 23.4. The molecule has 2 aliphatic rings. The minimum absolute atomic E-state index is 0.00636. The van der Waals surface area contributed by atoms with Crippen LogP contribution in [-0.2, 0) is 16.0 Å². The Bertz CT molecular complexity index is 737. The van der Waals surface area contributed by atoms with Gasteiger partial charge in [0.15, 0.2) is 11.9 Å². The number of carbonyl (C=O) groups excluding carboxylic acids is 1. The van der Waals surface area contributed by atoms with Gasteiger partial charge in [0.05, 0.1) is 12.5 Å². The zero-order chi connectivity index (χ0) is 17.2. The first kappa shape index (κ1) is 16.3. The zero-order valence-electron chi connectivity index (χ0n) is 14.4. The average molecular weight is 341 g/mol. The maximum absolute atomic E-state index is 12.4. The van der Waals surface area contributed by atoms with E-state index in [1.807, 2.05) is 0 Å². The Kier molecular flexibility index (Phi) is 4.53. The van der Waals surface area contributed by atoms with Gasteiger partial charge in [-0.3, -0.25) is 4.79 Å². The van der Waals surface area contributed by atoms with E-state index in [2.05, 4.69) is 39.7 Å². The third-order valence-corrected chi connectivity index (χ3v) is 5.15. The summed E-state index contributed by atoms with van der Waals surface area (Å²) in [5.41, 5.74) is 2.43. The van der Waals surface area contributed by atoms with Gasteiger partial charge in [-0.2, -0.15) is 4.98 Å². The van der Waals surface area contributed by atoms with Crippen molar-refractivity contribution < 1.29 is 14.1 Å². The van der Waals surface area contributed by atoms with Crippen LogP contribution in [-0.4, -0.2) is 28.7 Å². The quantitative estimate of drug-likeness (QED) is 0.905. The molecule has 2 fully saturated rings. The van der Waals surface area contributed by atoms with Crippen LogP contribution < -0.4 is 5.32 Å². The predicted octanol–water partition coefficient (Wildman–Crippen LogP) is 2.83. The lowest BCUT2D eigenvalue weighted by atomic mass is 9.80. The lowest BCUT2D eigenvalue weighted by molar-refractivity contribution is -0.121. The first-order chi connectivity index (χ1) is 12.2. The number of aromatic nitrogens is 2. The van der Waals surface area contributed by atoms with E-state index < -0.39 is 0 Å². The molecular formula is C19H23N3O3. The number of carbonyl (C=O) groups is 1. The van der Waals surface area contributed by atoms with E-state index in [4.69, 9.17) is 9.26 Å². The number of hydrogen-bond acceptors (Lipinski definition) is 5. The number of benzene rings is 1. The molecule has 1 saturated carbocycles. The van der Waals surface area contributed by atoms with Crippen LogP contribution in [0.4, 0.5) is 0 Å². The van der Waals surface area contributed by atoms with Gasteiger partial charge in [0.25, 0.3) is 5.89 Å². The van der Waals surface area contributed by atoms with Gasteiger partial charge in [-0.05, 0) is 43.2 Å². The van der Waals surface area contributed by atoms with Crippen molar-refractivity contribution in [1.82, 2.24) is 15.5 Å². The van der Waals surface area contributed by atoms with Gasteiger partial charge in [0.1, 0.15) is 0 Å². The third-order valence-electron chi connectivity index (χ3n) is 5.15. The Balaban J connectivity index is 1.35. The molecule has 1 aromatic carbocycles. The molecule has 0 radical (unpaired) electrons. The van der Waals surface area contributed by atoms with E-state index in [9.17, 15) is 4.79 Å². The Morgan fingerprint density at radius 1 is 1.24 bits per heavy atom. The van der Waals surface area contributed by atoms with Crippen LogP contribution in [0.25, 0.3) is 0 Å². The predicted molar refractivity (Wildman–Crippen MR) is 91.0 cm³/mol. The van der Waals surface area contributed by atoms with Crippen molar-refractivity contribution in [3.05, 3.63) is 47.1 Å². The number of nitrogens with zero attached hydrogens (tertiary/aromatic N) is 2. The second kappa shape index (κ2) is 6.96. The SMILES string of the molecule is Cc1noc([C@@H]2OCC[C@@H]2NC(=O)Cc2ccc(C3CCC3)cc2)n1. The molecule has 1 aromatic heterocycles. The van der Waals surface area contributed by atoms with Gasteiger partial charge in [-0.1, -0.05) is 35.8 Å². The lowest BCUT2D eigenvalue weighted by Crippen LogP contribution is -2.37. The molecule has 25 heavy (non-hydrogen) atoms. The fourth-order valence-corrected chi connectivity index (χ4v) is 3.50. The monoisotopic (exact) mass is 341 g/mol. The number of ether oxygens (including phenoxy) is 1. The largest absolute Gasteiger partial charge is 0.366 e. The molecular weight excluding hydrogens is 318 g/mol. The minimum Gasteiger partial charge on any atom is -0.366 e. The molecule has 0 unspecified atom stereocenters. The molecule has 1 amide bonds. The Morgan fingerprint density at radius 2 is 2.04 bits per heavy atom. The van der Waals surface area contributed by atoms with Gasteiger partial charge < -0.3 is 14.6 Å². The Morgan fingerprint density at radius 3 is 2.68 bits per heavy atom. The number of nitrogens with one attached hydrogen (secondary N) is 1. The second-order valence-electron chi connectivity index (χ2n) is 6.98. The molecule has 4 rings (SSSR count). The van der Waals surface area contributed by atoms with Crippen molar-refractivity contribution in [1.29, 1.82) is 0 Å². The Labute approximate surface area is 147 Å². The third kappa shape index (κ3) is 3.58. The van der Waals surface area contributed by atoms with Crippen molar-refractivity contribution in [3.63, 3.8) is 0 Å². The van der Waals surface area contributed by atoms with E-state index in [1.165, 1.54) is 24.8 Å². The van der Waals surface area contributed by atoms with Crippen molar-refractivity contribution in [2.45, 2.75) is 57.1 Å². The standard InChI is InChI=1S/C19H23N3O3/c1-12-20-19(25-22-12)18-16(9-10-24-18)21-17(23)11-13-5-7-15(8-6-13)14-3-2-4-14/h5-8,14,16,18H,2-4,9-11H2,1H3,(H,21,23)/t16-,18+/m0/s1. The van der Waals surface area contributed by atoms with Crippen LogP contribution in [0.1, 0.15) is 60.5 Å². The van der Waals surface area contributed by atoms with Crippen LogP contribution in [0, 0.1) is 6.92 Å². The second-order valence-corrected chi connectivity index (χ2v) is 6.98. The fraction of sp³-hybridized carbons (Fsp3) is 0.526. The summed E-state index contributed by atoms with van der Waals surface area (Å²) in [5.74, 6) is 1.72. The molecule has 6 heteroatoms. The maximum Gasteiger partial charge on any atom is 0.257 e. The number of rotatable bonds is 5. The highest BCUT2D eigenvalue weighted by Gasteiger charge is 2.35. The summed E-state index contributed by atoms with van der Waals surface area (Å²) in [6, 6.07) is 8.33. The van der Waals surface area contributed by atoms with Crippen LogP contribution in [0.3, 0.4) is 0 Å². The molecule has 6 nitrogen and oxygen atoms in total. The zero-order valence-corrected chi connectivity index (χ0v) is 14.4. The average Bonchev–Trinajstić information content (AvgIpc) is 3.16. The Hall–Kier alpha value is -2.21. The first-order valence-corrected chi connectivity index (χ1v) is 8.99. The number of amides is 1. The molecule has 0 bridgehead atoms.